The van der Waals surface area contributed by atoms with Crippen LogP contribution in [0, 0.1) is 10.1 Å². The SMILES string of the molecule is CCCCOc1nc(N)c([N+](=O)[O-])c(NCC(=O)O[I-]C)n1. The molecule has 11 heteroatoms. The Kier molecular flexibility index (Phi) is 7.56. The van der Waals surface area contributed by atoms with Gasteiger partial charge in [-0.3, -0.25) is 0 Å². The van der Waals surface area contributed by atoms with Crippen molar-refractivity contribution in [2.45, 2.75) is 19.8 Å². The van der Waals surface area contributed by atoms with Crippen LogP contribution < -0.4 is 37.4 Å². The van der Waals surface area contributed by atoms with Crippen molar-refractivity contribution in [3.63, 3.8) is 0 Å². The molecule has 0 bridgehead atoms. The van der Waals surface area contributed by atoms with E-state index in [1.54, 1.807) is 4.93 Å². The van der Waals surface area contributed by atoms with Crippen LogP contribution in [0.2, 0.25) is 0 Å². The Morgan fingerprint density at radius 1 is 1.50 bits per heavy atom. The van der Waals surface area contributed by atoms with Crippen molar-refractivity contribution in [1.82, 2.24) is 9.97 Å². The van der Waals surface area contributed by atoms with Crippen LogP contribution in [0.1, 0.15) is 19.8 Å². The summed E-state index contributed by atoms with van der Waals surface area (Å²) in [7, 11) is 0. The van der Waals surface area contributed by atoms with Gasteiger partial charge in [0.05, 0.1) is 0 Å². The Bertz CT molecular complexity index is 542. The van der Waals surface area contributed by atoms with Gasteiger partial charge in [0, 0.05) is 0 Å². The first-order valence-electron chi connectivity index (χ1n) is 6.37. The molecule has 0 aliphatic heterocycles. The first-order valence-corrected chi connectivity index (χ1v) is 9.41. The van der Waals surface area contributed by atoms with Crippen LogP contribution in [0.15, 0.2) is 0 Å². The average molecular weight is 426 g/mol. The van der Waals surface area contributed by atoms with E-state index in [1.165, 1.54) is 0 Å². The number of nitrogen functional groups attached to an aromatic ring is 1. The molecule has 0 aliphatic rings. The fourth-order valence-electron chi connectivity index (χ4n) is 1.40. The Balaban J connectivity index is 2.93. The van der Waals surface area contributed by atoms with Crippen molar-refractivity contribution in [2.24, 2.45) is 0 Å². The Morgan fingerprint density at radius 2 is 2.23 bits per heavy atom. The molecular formula is C11H17IN5O5-. The summed E-state index contributed by atoms with van der Waals surface area (Å²) in [5, 5.41) is 13.6. The number of hydrogen-bond donors (Lipinski definition) is 2. The molecule has 10 nitrogen and oxygen atoms in total. The van der Waals surface area contributed by atoms with Gasteiger partial charge in [0.15, 0.2) is 0 Å². The number of alkyl halides is 1. The van der Waals surface area contributed by atoms with E-state index in [0.717, 1.165) is 12.8 Å². The van der Waals surface area contributed by atoms with E-state index in [4.69, 9.17) is 13.5 Å². The van der Waals surface area contributed by atoms with Crippen LogP contribution in [0.4, 0.5) is 17.3 Å². The molecule has 1 heterocycles. The minimum atomic E-state index is -0.717. The van der Waals surface area contributed by atoms with Gasteiger partial charge in [0.25, 0.3) is 0 Å². The van der Waals surface area contributed by atoms with Gasteiger partial charge in [-0.25, -0.2) is 0 Å². The van der Waals surface area contributed by atoms with Crippen LogP contribution in [0.3, 0.4) is 0 Å². The molecule has 1 aromatic rings. The van der Waals surface area contributed by atoms with E-state index >= 15 is 0 Å². The summed E-state index contributed by atoms with van der Waals surface area (Å²) in [6, 6.07) is -0.0738. The molecule has 124 valence electrons. The summed E-state index contributed by atoms with van der Waals surface area (Å²) < 4.78 is 10.1. The fourth-order valence-corrected chi connectivity index (χ4v) is 2.04. The van der Waals surface area contributed by atoms with Crippen molar-refractivity contribution in [2.75, 3.05) is 29.1 Å². The normalized spacial score (nSPS) is 10.3. The molecular weight excluding hydrogens is 409 g/mol. The summed E-state index contributed by atoms with van der Waals surface area (Å²) >= 11 is -0.665. The number of carbonyl (C=O) groups excluding carboxylic acids is 1. The number of halogens is 1. The molecule has 0 unspecified atom stereocenters. The van der Waals surface area contributed by atoms with E-state index in [2.05, 4.69) is 15.3 Å². The van der Waals surface area contributed by atoms with Gasteiger partial charge >= 0.3 is 137 Å². The monoisotopic (exact) mass is 426 g/mol. The number of aromatic nitrogens is 2. The number of nitrogens with two attached hydrogens (primary N) is 1. The van der Waals surface area contributed by atoms with E-state index in [9.17, 15) is 14.9 Å². The third-order valence-electron chi connectivity index (χ3n) is 2.37. The summed E-state index contributed by atoms with van der Waals surface area (Å²) in [5.74, 6) is -1.02. The van der Waals surface area contributed by atoms with E-state index in [1.807, 2.05) is 6.92 Å². The second-order valence-corrected chi connectivity index (χ2v) is 5.33. The topological polar surface area (TPSA) is 142 Å². The van der Waals surface area contributed by atoms with E-state index < -0.39 is 38.2 Å². The Labute approximate surface area is 137 Å². The standard InChI is InChI=1S/C11H17IN5O5/c1-3-4-5-21-11-15-9(13)8(17(19)20)10(16-11)14-6-7(18)22-12-2/h3-6H2,1-2H3,(H3,13,14,15,16)/q-1. The molecule has 0 fully saturated rings. The van der Waals surface area contributed by atoms with Crippen molar-refractivity contribution in [3.8, 4) is 6.01 Å². The molecule has 0 radical (unpaired) electrons. The zero-order chi connectivity index (χ0) is 16.5. The molecule has 0 spiro atoms. The van der Waals surface area contributed by atoms with Crippen LogP contribution >= 0.6 is 0 Å². The van der Waals surface area contributed by atoms with Crippen molar-refractivity contribution in [1.29, 1.82) is 0 Å². The molecule has 0 aromatic carbocycles. The number of anilines is 2. The predicted octanol–water partition coefficient (Wildman–Crippen LogP) is -2.27. The molecule has 3 N–H and O–H groups in total. The molecule has 0 saturated heterocycles. The molecule has 0 aliphatic carbocycles. The molecule has 1 rings (SSSR count). The number of carbonyl (C=O) groups is 1. The number of nitrogens with one attached hydrogen (secondary N) is 1. The Morgan fingerprint density at radius 3 is 2.82 bits per heavy atom. The zero-order valence-electron chi connectivity index (χ0n) is 12.2. The van der Waals surface area contributed by atoms with Crippen molar-refractivity contribution in [3.05, 3.63) is 10.1 Å². The van der Waals surface area contributed by atoms with Crippen LogP contribution in [-0.4, -0.2) is 38.9 Å². The van der Waals surface area contributed by atoms with Gasteiger partial charge < -0.3 is 0 Å². The second-order valence-electron chi connectivity index (χ2n) is 4.00. The van der Waals surface area contributed by atoms with Gasteiger partial charge in [0.2, 0.25) is 0 Å². The third-order valence-corrected chi connectivity index (χ3v) is 3.30. The summed E-state index contributed by atoms with van der Waals surface area (Å²) in [5.41, 5.74) is 5.07. The minimum absolute atomic E-state index is 0.0738. The zero-order valence-corrected chi connectivity index (χ0v) is 14.3. The summed E-state index contributed by atoms with van der Waals surface area (Å²) in [6.45, 7) is 2.11. The van der Waals surface area contributed by atoms with Crippen LogP contribution in [0.5, 0.6) is 6.01 Å². The Hall–Kier alpha value is -1.92. The molecule has 0 atom stereocenters. The average Bonchev–Trinajstić information content (AvgIpc) is 2.45. The van der Waals surface area contributed by atoms with Gasteiger partial charge in [-0.1, -0.05) is 0 Å². The van der Waals surface area contributed by atoms with Gasteiger partial charge in [-0.2, -0.15) is 0 Å². The predicted molar refractivity (Wildman–Crippen MR) is 74.0 cm³/mol. The number of nitro groups is 1. The van der Waals surface area contributed by atoms with Crippen molar-refractivity contribution >= 4 is 23.3 Å². The third kappa shape index (κ3) is 5.46. The van der Waals surface area contributed by atoms with E-state index in [-0.39, 0.29) is 24.2 Å². The number of hydrogen-bond acceptors (Lipinski definition) is 9. The first-order chi connectivity index (χ1) is 10.5. The number of nitrogens with zero attached hydrogens (tertiary/aromatic N) is 3. The van der Waals surface area contributed by atoms with Gasteiger partial charge in [-0.05, 0) is 0 Å². The first kappa shape index (κ1) is 18.1. The summed E-state index contributed by atoms with van der Waals surface area (Å²) in [6.07, 6.45) is 1.70. The van der Waals surface area contributed by atoms with Crippen LogP contribution in [0.25, 0.3) is 0 Å². The fraction of sp³-hybridized carbons (Fsp3) is 0.545. The van der Waals surface area contributed by atoms with E-state index in [0.29, 0.717) is 6.61 Å². The number of ether oxygens (including phenoxy) is 1. The van der Waals surface area contributed by atoms with Crippen LogP contribution in [-0.2, 0) is 7.86 Å². The molecule has 22 heavy (non-hydrogen) atoms. The quantitative estimate of drug-likeness (QED) is 0.147. The van der Waals surface area contributed by atoms with Gasteiger partial charge in [0.1, 0.15) is 0 Å². The number of unbranched alkanes of at least 4 members (excludes halogenated alkanes) is 1. The molecule has 0 saturated carbocycles. The maximum atomic E-state index is 11.3. The van der Waals surface area contributed by atoms with Crippen molar-refractivity contribution < 1.29 is 39.1 Å². The maximum absolute atomic E-state index is 11.3. The second kappa shape index (κ2) is 9.17. The number of rotatable bonds is 9. The van der Waals surface area contributed by atoms with Gasteiger partial charge in [-0.15, -0.1) is 0 Å². The molecule has 1 aromatic heterocycles. The molecule has 0 amide bonds. The summed E-state index contributed by atoms with van der Waals surface area (Å²) in [4.78, 5) is 31.1.